The van der Waals surface area contributed by atoms with Gasteiger partial charge in [0.1, 0.15) is 5.00 Å². The second kappa shape index (κ2) is 8.20. The van der Waals surface area contributed by atoms with E-state index in [1.165, 1.54) is 36.5 Å². The molecule has 4 rings (SSSR count). The molecule has 158 valence electrons. The number of benzene rings is 3. The van der Waals surface area contributed by atoms with Crippen LogP contribution in [0.1, 0.15) is 22.8 Å². The summed E-state index contributed by atoms with van der Waals surface area (Å²) in [4.78, 5) is 12.6. The van der Waals surface area contributed by atoms with E-state index in [0.29, 0.717) is 5.39 Å². The molecule has 0 saturated heterocycles. The standard InChI is InChI=1S/C23H17F2NO3S2/c1-15(27)22-18-9-5-6-10-21(18)30-23(22)26(14-16-11-12-19(24)20(25)13-16)31(28,29)17-7-3-2-4-8-17/h2-13H,14H2,1H3. The Morgan fingerprint density at radius 2 is 1.61 bits per heavy atom. The first-order valence-corrected chi connectivity index (χ1v) is 11.6. The fourth-order valence-electron chi connectivity index (χ4n) is 3.34. The minimum absolute atomic E-state index is 0.0320. The van der Waals surface area contributed by atoms with E-state index in [2.05, 4.69) is 0 Å². The minimum atomic E-state index is -4.10. The van der Waals surface area contributed by atoms with E-state index < -0.39 is 21.7 Å². The fraction of sp³-hybridized carbons (Fsp3) is 0.0870. The van der Waals surface area contributed by atoms with Crippen LogP contribution in [-0.2, 0) is 16.6 Å². The molecule has 0 saturated carbocycles. The molecule has 0 fully saturated rings. The van der Waals surface area contributed by atoms with E-state index in [4.69, 9.17) is 0 Å². The summed E-state index contributed by atoms with van der Waals surface area (Å²) in [6.07, 6.45) is 0. The van der Waals surface area contributed by atoms with E-state index >= 15 is 0 Å². The van der Waals surface area contributed by atoms with Crippen LogP contribution in [-0.4, -0.2) is 14.2 Å². The highest BCUT2D eigenvalue weighted by Crippen LogP contribution is 2.41. The van der Waals surface area contributed by atoms with E-state index in [1.54, 1.807) is 42.5 Å². The molecule has 0 atom stereocenters. The molecule has 0 bridgehead atoms. The smallest absolute Gasteiger partial charge is 0.265 e. The third-order valence-electron chi connectivity index (χ3n) is 4.80. The Hall–Kier alpha value is -3.10. The number of carbonyl (C=O) groups excluding carboxylic acids is 1. The number of Topliss-reactive ketones (excluding diaryl/α,β-unsaturated/α-hetero) is 1. The van der Waals surface area contributed by atoms with Gasteiger partial charge in [0, 0.05) is 10.1 Å². The maximum Gasteiger partial charge on any atom is 0.265 e. The lowest BCUT2D eigenvalue weighted by Gasteiger charge is -2.24. The molecule has 0 N–H and O–H groups in total. The van der Waals surface area contributed by atoms with Gasteiger partial charge in [-0.1, -0.05) is 42.5 Å². The number of carbonyl (C=O) groups is 1. The second-order valence-corrected chi connectivity index (χ2v) is 9.80. The number of rotatable bonds is 6. The van der Waals surface area contributed by atoms with Crippen molar-refractivity contribution in [1.82, 2.24) is 0 Å². The maximum absolute atomic E-state index is 13.8. The van der Waals surface area contributed by atoms with Gasteiger partial charge in [-0.05, 0) is 42.8 Å². The van der Waals surface area contributed by atoms with Crippen molar-refractivity contribution in [3.05, 3.63) is 95.6 Å². The van der Waals surface area contributed by atoms with Gasteiger partial charge in [-0.25, -0.2) is 17.2 Å². The van der Waals surface area contributed by atoms with E-state index in [-0.39, 0.29) is 33.4 Å². The lowest BCUT2D eigenvalue weighted by Crippen LogP contribution is -2.31. The summed E-state index contributed by atoms with van der Waals surface area (Å²) in [5.74, 6) is -2.38. The molecule has 1 aromatic heterocycles. The van der Waals surface area contributed by atoms with Crippen LogP contribution in [0.4, 0.5) is 13.8 Å². The predicted octanol–water partition coefficient (Wildman–Crippen LogP) is 5.78. The lowest BCUT2D eigenvalue weighted by atomic mass is 10.1. The topological polar surface area (TPSA) is 54.5 Å². The van der Waals surface area contributed by atoms with Crippen LogP contribution in [0.5, 0.6) is 0 Å². The van der Waals surface area contributed by atoms with Crippen molar-refractivity contribution in [3.63, 3.8) is 0 Å². The summed E-state index contributed by atoms with van der Waals surface area (Å²) < 4.78 is 56.3. The second-order valence-electron chi connectivity index (χ2n) is 6.91. The van der Waals surface area contributed by atoms with Crippen molar-refractivity contribution < 1.29 is 22.0 Å². The third-order valence-corrected chi connectivity index (χ3v) is 7.87. The number of sulfonamides is 1. The van der Waals surface area contributed by atoms with Crippen LogP contribution >= 0.6 is 11.3 Å². The molecule has 0 unspecified atom stereocenters. The number of anilines is 1. The van der Waals surface area contributed by atoms with Crippen molar-refractivity contribution in [3.8, 4) is 0 Å². The van der Waals surface area contributed by atoms with Crippen molar-refractivity contribution in [1.29, 1.82) is 0 Å². The van der Waals surface area contributed by atoms with Crippen LogP contribution in [0.3, 0.4) is 0 Å². The molecule has 4 nitrogen and oxygen atoms in total. The maximum atomic E-state index is 13.8. The molecule has 4 aromatic rings. The van der Waals surface area contributed by atoms with Gasteiger partial charge < -0.3 is 0 Å². The Balaban J connectivity index is 1.95. The summed E-state index contributed by atoms with van der Waals surface area (Å²) in [7, 11) is -4.10. The van der Waals surface area contributed by atoms with Crippen molar-refractivity contribution in [2.45, 2.75) is 18.4 Å². The van der Waals surface area contributed by atoms with Gasteiger partial charge in [-0.3, -0.25) is 9.10 Å². The monoisotopic (exact) mass is 457 g/mol. The largest absolute Gasteiger partial charge is 0.294 e. The van der Waals surface area contributed by atoms with Gasteiger partial charge in [0.2, 0.25) is 0 Å². The molecule has 0 aliphatic heterocycles. The normalized spacial score (nSPS) is 11.6. The highest BCUT2D eigenvalue weighted by Gasteiger charge is 2.31. The number of halogens is 2. The summed E-state index contributed by atoms with van der Waals surface area (Å²) in [5.41, 5.74) is 0.535. The van der Waals surface area contributed by atoms with Crippen LogP contribution in [0.25, 0.3) is 10.1 Å². The Morgan fingerprint density at radius 1 is 0.935 bits per heavy atom. The molecule has 3 aromatic carbocycles. The molecule has 0 amide bonds. The first-order chi connectivity index (χ1) is 14.8. The van der Waals surface area contributed by atoms with Gasteiger partial charge in [-0.15, -0.1) is 11.3 Å². The number of nitrogens with zero attached hydrogens (tertiary/aromatic N) is 1. The molecule has 0 radical (unpaired) electrons. The van der Waals surface area contributed by atoms with E-state index in [1.807, 2.05) is 0 Å². The van der Waals surface area contributed by atoms with E-state index in [0.717, 1.165) is 21.1 Å². The third kappa shape index (κ3) is 3.96. The highest BCUT2D eigenvalue weighted by molar-refractivity contribution is 7.93. The van der Waals surface area contributed by atoms with Crippen molar-refractivity contribution in [2.24, 2.45) is 0 Å². The summed E-state index contributed by atoms with van der Waals surface area (Å²) in [5, 5.41) is 0.885. The molecule has 0 spiro atoms. The predicted molar refractivity (Wildman–Crippen MR) is 118 cm³/mol. The summed E-state index contributed by atoms with van der Waals surface area (Å²) in [6.45, 7) is 1.12. The van der Waals surface area contributed by atoms with Gasteiger partial charge in [0.05, 0.1) is 17.0 Å². The molecule has 8 heteroatoms. The number of hydrogen-bond donors (Lipinski definition) is 0. The van der Waals surface area contributed by atoms with Crippen molar-refractivity contribution in [2.75, 3.05) is 4.31 Å². The Labute approximate surface area is 182 Å². The number of ketones is 1. The zero-order valence-electron chi connectivity index (χ0n) is 16.4. The Bertz CT molecular complexity index is 1380. The quantitative estimate of drug-likeness (QED) is 0.345. The zero-order valence-corrected chi connectivity index (χ0v) is 18.0. The molecule has 0 aliphatic rings. The van der Waals surface area contributed by atoms with E-state index in [9.17, 15) is 22.0 Å². The van der Waals surface area contributed by atoms with Crippen LogP contribution in [0, 0.1) is 11.6 Å². The number of fused-ring (bicyclic) bond motifs is 1. The van der Waals surface area contributed by atoms with Crippen LogP contribution in [0.15, 0.2) is 77.7 Å². The molecular formula is C23H17F2NO3S2. The van der Waals surface area contributed by atoms with Crippen molar-refractivity contribution >= 4 is 42.2 Å². The first-order valence-electron chi connectivity index (χ1n) is 9.33. The number of hydrogen-bond acceptors (Lipinski definition) is 4. The summed E-state index contributed by atoms with van der Waals surface area (Å²) >= 11 is 1.17. The Morgan fingerprint density at radius 3 is 2.29 bits per heavy atom. The average molecular weight is 458 g/mol. The Kier molecular flexibility index (Phi) is 5.60. The van der Waals surface area contributed by atoms with Gasteiger partial charge in [0.15, 0.2) is 17.4 Å². The van der Waals surface area contributed by atoms with Crippen LogP contribution in [0.2, 0.25) is 0 Å². The number of thiophene rings is 1. The molecular weight excluding hydrogens is 440 g/mol. The average Bonchev–Trinajstić information content (AvgIpc) is 3.14. The summed E-state index contributed by atoms with van der Waals surface area (Å²) in [6, 6.07) is 18.2. The molecule has 1 heterocycles. The highest BCUT2D eigenvalue weighted by atomic mass is 32.2. The zero-order chi connectivity index (χ0) is 22.2. The first kappa shape index (κ1) is 21.1. The molecule has 0 aliphatic carbocycles. The fourth-order valence-corrected chi connectivity index (χ4v) is 6.29. The lowest BCUT2D eigenvalue weighted by molar-refractivity contribution is 0.102. The molecule has 31 heavy (non-hydrogen) atoms. The van der Waals surface area contributed by atoms with Gasteiger partial charge in [-0.2, -0.15) is 0 Å². The minimum Gasteiger partial charge on any atom is -0.294 e. The van der Waals surface area contributed by atoms with Gasteiger partial charge >= 0.3 is 0 Å². The van der Waals surface area contributed by atoms with Crippen LogP contribution < -0.4 is 4.31 Å². The van der Waals surface area contributed by atoms with Gasteiger partial charge in [0.25, 0.3) is 10.0 Å². The SMILES string of the molecule is CC(=O)c1c(N(Cc2ccc(F)c(F)c2)S(=O)(=O)c2ccccc2)sc2ccccc12.